The molecule has 2 bridgehead atoms. The smallest absolute Gasteiger partial charge is 0.411 e. The van der Waals surface area contributed by atoms with E-state index in [1.807, 2.05) is 0 Å². The number of rotatable bonds is 2. The Labute approximate surface area is 124 Å². The van der Waals surface area contributed by atoms with Crippen LogP contribution >= 0.6 is 0 Å². The molecule has 2 aliphatic heterocycles. The average molecular weight is 301 g/mol. The lowest BCUT2D eigenvalue weighted by molar-refractivity contribution is -0.159. The molecule has 2 fully saturated rings. The molecule has 0 radical (unpaired) electrons. The van der Waals surface area contributed by atoms with E-state index in [0.717, 1.165) is 0 Å². The van der Waals surface area contributed by atoms with E-state index in [4.69, 9.17) is 14.2 Å². The van der Waals surface area contributed by atoms with Crippen LogP contribution < -0.4 is 0 Å². The molecule has 0 aromatic carbocycles. The number of aliphatic hydroxyl groups is 1. The van der Waals surface area contributed by atoms with Gasteiger partial charge in [-0.05, 0) is 33.6 Å². The molecule has 1 N–H and O–H groups in total. The fourth-order valence-electron chi connectivity index (χ4n) is 3.39. The van der Waals surface area contributed by atoms with Crippen LogP contribution in [0.2, 0.25) is 0 Å². The summed E-state index contributed by atoms with van der Waals surface area (Å²) < 4.78 is 15.5. The van der Waals surface area contributed by atoms with Gasteiger partial charge >= 0.3 is 12.1 Å². The van der Waals surface area contributed by atoms with Crippen molar-refractivity contribution < 1.29 is 28.9 Å². The number of amides is 1. The molecule has 4 atom stereocenters. The van der Waals surface area contributed by atoms with E-state index in [2.05, 4.69) is 0 Å². The van der Waals surface area contributed by atoms with Crippen molar-refractivity contribution in [2.45, 2.75) is 63.0 Å². The molecule has 0 spiro atoms. The Balaban J connectivity index is 2.39. The molecular weight excluding hydrogens is 278 g/mol. The number of carbonyl (C=O) groups is 2. The predicted molar refractivity (Wildman–Crippen MR) is 72.6 cm³/mol. The number of esters is 1. The lowest BCUT2D eigenvalue weighted by Crippen LogP contribution is -2.58. The minimum atomic E-state index is -1.41. The molecule has 0 aromatic heterocycles. The molecule has 0 saturated carbocycles. The highest BCUT2D eigenvalue weighted by atomic mass is 16.6. The molecular formula is C14H23NO6. The van der Waals surface area contributed by atoms with Crippen molar-refractivity contribution in [3.8, 4) is 0 Å². The van der Waals surface area contributed by atoms with Crippen LogP contribution in [0.3, 0.4) is 0 Å². The lowest BCUT2D eigenvalue weighted by atomic mass is 9.83. The number of fused-ring (bicyclic) bond motifs is 2. The molecule has 4 unspecified atom stereocenters. The highest BCUT2D eigenvalue weighted by molar-refractivity contribution is 5.89. The molecule has 120 valence electrons. The molecule has 21 heavy (non-hydrogen) atoms. The van der Waals surface area contributed by atoms with Crippen LogP contribution in [0.25, 0.3) is 0 Å². The monoisotopic (exact) mass is 301 g/mol. The van der Waals surface area contributed by atoms with Gasteiger partial charge in [-0.3, -0.25) is 4.90 Å². The van der Waals surface area contributed by atoms with Crippen LogP contribution in [0.4, 0.5) is 4.79 Å². The third kappa shape index (κ3) is 2.28. The summed E-state index contributed by atoms with van der Waals surface area (Å²) in [4.78, 5) is 26.1. The van der Waals surface area contributed by atoms with E-state index in [-0.39, 0.29) is 6.04 Å². The van der Waals surface area contributed by atoms with Gasteiger partial charge in [0.1, 0.15) is 17.8 Å². The maximum absolute atomic E-state index is 12.5. The van der Waals surface area contributed by atoms with Gasteiger partial charge in [0.25, 0.3) is 0 Å². The maximum Gasteiger partial charge on any atom is 0.411 e. The second-order valence-electron chi connectivity index (χ2n) is 6.52. The van der Waals surface area contributed by atoms with E-state index in [1.54, 1.807) is 20.8 Å². The molecule has 0 aromatic rings. The molecule has 0 aliphatic carbocycles. The van der Waals surface area contributed by atoms with E-state index in [9.17, 15) is 14.7 Å². The lowest BCUT2D eigenvalue weighted by Gasteiger charge is -2.35. The first kappa shape index (κ1) is 16.0. The largest absolute Gasteiger partial charge is 0.467 e. The van der Waals surface area contributed by atoms with Crippen LogP contribution in [-0.4, -0.2) is 65.7 Å². The van der Waals surface area contributed by atoms with E-state index < -0.39 is 35.4 Å². The molecule has 1 amide bonds. The molecule has 2 rings (SSSR count). The van der Waals surface area contributed by atoms with Gasteiger partial charge in [0, 0.05) is 7.11 Å². The number of aliphatic hydroxyl groups excluding tert-OH is 1. The number of ether oxygens (including phenoxy) is 3. The normalized spacial score (nSPS) is 35.0. The fourth-order valence-corrected chi connectivity index (χ4v) is 3.39. The Morgan fingerprint density at radius 1 is 1.29 bits per heavy atom. The summed E-state index contributed by atoms with van der Waals surface area (Å²) in [6, 6.07) is -0.390. The van der Waals surface area contributed by atoms with Gasteiger partial charge in [-0.25, -0.2) is 9.59 Å². The first-order valence-corrected chi connectivity index (χ1v) is 7.00. The predicted octanol–water partition coefficient (Wildman–Crippen LogP) is 0.687. The molecule has 7 nitrogen and oxygen atoms in total. The van der Waals surface area contributed by atoms with E-state index in [0.29, 0.717) is 12.8 Å². The minimum Gasteiger partial charge on any atom is -0.467 e. The Morgan fingerprint density at radius 2 is 1.90 bits per heavy atom. The Kier molecular flexibility index (Phi) is 3.92. The molecule has 2 heterocycles. The molecule has 2 aliphatic rings. The van der Waals surface area contributed by atoms with Crippen LogP contribution in [0.15, 0.2) is 0 Å². The number of nitrogens with zero attached hydrogens (tertiary/aromatic N) is 1. The van der Waals surface area contributed by atoms with Gasteiger partial charge in [0.05, 0.1) is 13.2 Å². The highest BCUT2D eigenvalue weighted by Gasteiger charge is 2.70. The SMILES string of the molecule is COC(=O)C12CCC(C(OC)C1O)N2C(=O)OC(C)(C)C. The Morgan fingerprint density at radius 3 is 2.38 bits per heavy atom. The third-order valence-electron chi connectivity index (χ3n) is 4.16. The second kappa shape index (κ2) is 5.14. The number of carbonyl (C=O) groups excluding carboxylic acids is 2. The number of hydrogen-bond acceptors (Lipinski definition) is 6. The van der Waals surface area contributed by atoms with Gasteiger partial charge in [0.15, 0.2) is 5.54 Å². The van der Waals surface area contributed by atoms with Gasteiger partial charge < -0.3 is 19.3 Å². The standard InChI is InChI=1S/C14H23NO6/c1-13(2,3)21-12(18)15-8-6-7-14(15,11(17)20-5)10(16)9(8)19-4/h8-10,16H,6-7H2,1-5H3. The zero-order chi connectivity index (χ0) is 16.0. The van der Waals surface area contributed by atoms with Crippen LogP contribution in [0.5, 0.6) is 0 Å². The average Bonchev–Trinajstić information content (AvgIpc) is 2.87. The topological polar surface area (TPSA) is 85.3 Å². The van der Waals surface area contributed by atoms with Gasteiger partial charge in [-0.2, -0.15) is 0 Å². The summed E-state index contributed by atoms with van der Waals surface area (Å²) >= 11 is 0. The van der Waals surface area contributed by atoms with Gasteiger partial charge in [-0.1, -0.05) is 0 Å². The van der Waals surface area contributed by atoms with E-state index >= 15 is 0 Å². The first-order valence-electron chi connectivity index (χ1n) is 7.00. The molecule has 2 saturated heterocycles. The second-order valence-corrected chi connectivity index (χ2v) is 6.52. The van der Waals surface area contributed by atoms with Gasteiger partial charge in [-0.15, -0.1) is 0 Å². The fraction of sp³-hybridized carbons (Fsp3) is 0.857. The van der Waals surface area contributed by atoms with Crippen molar-refractivity contribution in [1.82, 2.24) is 4.90 Å². The minimum absolute atomic E-state index is 0.338. The zero-order valence-electron chi connectivity index (χ0n) is 13.1. The van der Waals surface area contributed by atoms with Crippen molar-refractivity contribution in [3.63, 3.8) is 0 Å². The van der Waals surface area contributed by atoms with Crippen LogP contribution in [0, 0.1) is 0 Å². The number of hydrogen-bond donors (Lipinski definition) is 1. The van der Waals surface area contributed by atoms with Crippen LogP contribution in [0.1, 0.15) is 33.6 Å². The summed E-state index contributed by atoms with van der Waals surface area (Å²) in [5, 5.41) is 10.5. The Bertz CT molecular complexity index is 445. The van der Waals surface area contributed by atoms with Crippen molar-refractivity contribution >= 4 is 12.1 Å². The summed E-state index contributed by atoms with van der Waals surface area (Å²) in [7, 11) is 2.69. The summed E-state index contributed by atoms with van der Waals surface area (Å²) in [6.45, 7) is 5.24. The summed E-state index contributed by atoms with van der Waals surface area (Å²) in [6.07, 6.45) is -1.48. The van der Waals surface area contributed by atoms with Crippen molar-refractivity contribution in [3.05, 3.63) is 0 Å². The third-order valence-corrected chi connectivity index (χ3v) is 4.16. The van der Waals surface area contributed by atoms with E-state index in [1.165, 1.54) is 19.1 Å². The van der Waals surface area contributed by atoms with Crippen molar-refractivity contribution in [2.75, 3.05) is 14.2 Å². The quantitative estimate of drug-likeness (QED) is 0.755. The van der Waals surface area contributed by atoms with Gasteiger partial charge in [0.2, 0.25) is 0 Å². The Hall–Kier alpha value is -1.34. The summed E-state index contributed by atoms with van der Waals surface area (Å²) in [5.74, 6) is -0.636. The van der Waals surface area contributed by atoms with Crippen molar-refractivity contribution in [1.29, 1.82) is 0 Å². The maximum atomic E-state index is 12.5. The number of methoxy groups -OCH3 is 2. The highest BCUT2D eigenvalue weighted by Crippen LogP contribution is 2.49. The zero-order valence-corrected chi connectivity index (χ0v) is 13.1. The summed E-state index contributed by atoms with van der Waals surface area (Å²) in [5.41, 5.74) is -2.10. The molecule has 7 heteroatoms. The van der Waals surface area contributed by atoms with Crippen molar-refractivity contribution in [2.24, 2.45) is 0 Å². The van der Waals surface area contributed by atoms with Crippen LogP contribution in [-0.2, 0) is 19.0 Å². The first-order chi connectivity index (χ1) is 9.69.